The van der Waals surface area contributed by atoms with Gasteiger partial charge >= 0.3 is 0 Å². The molecule has 3 aromatic carbocycles. The molecule has 0 aliphatic rings. The van der Waals surface area contributed by atoms with Crippen molar-refractivity contribution >= 4 is 0 Å². The molecule has 0 saturated heterocycles. The maximum Gasteiger partial charge on any atom is 0.159 e. The van der Waals surface area contributed by atoms with E-state index >= 15 is 0 Å². The zero-order chi connectivity index (χ0) is 27.6. The SMILES string of the molecule is CCCCOc1ccc(-c2cnc(-c3ccc(-c4ncc(-c5ccc(OCCCC)cc5)cn4)cc3)nc2)cc1. The van der Waals surface area contributed by atoms with Crippen LogP contribution < -0.4 is 9.47 Å². The largest absolute Gasteiger partial charge is 0.494 e. The molecule has 2 heterocycles. The molecule has 6 heteroatoms. The number of aromatic nitrogens is 4. The van der Waals surface area contributed by atoms with E-state index in [1.807, 2.05) is 97.6 Å². The molecule has 5 aromatic rings. The summed E-state index contributed by atoms with van der Waals surface area (Å²) >= 11 is 0. The Balaban J connectivity index is 1.21. The van der Waals surface area contributed by atoms with Crippen LogP contribution in [0, 0.1) is 0 Å². The molecule has 0 fully saturated rings. The molecule has 0 N–H and O–H groups in total. The minimum absolute atomic E-state index is 0.674. The molecule has 6 nitrogen and oxygen atoms in total. The van der Waals surface area contributed by atoms with Crippen LogP contribution in [-0.2, 0) is 0 Å². The molecule has 202 valence electrons. The molecule has 0 saturated carbocycles. The minimum atomic E-state index is 0.674. The number of hydrogen-bond donors (Lipinski definition) is 0. The van der Waals surface area contributed by atoms with E-state index in [4.69, 9.17) is 9.47 Å². The first-order valence-electron chi connectivity index (χ1n) is 13.9. The van der Waals surface area contributed by atoms with Crippen molar-refractivity contribution in [3.63, 3.8) is 0 Å². The van der Waals surface area contributed by atoms with Crippen LogP contribution in [-0.4, -0.2) is 33.1 Å². The average Bonchev–Trinajstić information content (AvgIpc) is 3.02. The molecule has 2 aromatic heterocycles. The summed E-state index contributed by atoms with van der Waals surface area (Å²) in [4.78, 5) is 18.4. The van der Waals surface area contributed by atoms with Gasteiger partial charge in [-0.15, -0.1) is 0 Å². The molecule has 0 spiro atoms. The highest BCUT2D eigenvalue weighted by Gasteiger charge is 2.07. The fourth-order valence-corrected chi connectivity index (χ4v) is 4.18. The highest BCUT2D eigenvalue weighted by molar-refractivity contribution is 5.68. The second-order valence-electron chi connectivity index (χ2n) is 9.62. The van der Waals surface area contributed by atoms with Gasteiger partial charge in [0.15, 0.2) is 11.6 Å². The Morgan fingerprint density at radius 3 is 1.07 bits per heavy atom. The van der Waals surface area contributed by atoms with Crippen LogP contribution in [0.4, 0.5) is 0 Å². The van der Waals surface area contributed by atoms with Crippen LogP contribution in [0.5, 0.6) is 11.5 Å². The third-order valence-corrected chi connectivity index (χ3v) is 6.61. The number of nitrogens with zero attached hydrogens (tertiary/aromatic N) is 4. The van der Waals surface area contributed by atoms with Gasteiger partial charge in [0.05, 0.1) is 13.2 Å². The smallest absolute Gasteiger partial charge is 0.159 e. The lowest BCUT2D eigenvalue weighted by atomic mass is 10.1. The van der Waals surface area contributed by atoms with Gasteiger partial charge in [0.2, 0.25) is 0 Å². The number of hydrogen-bond acceptors (Lipinski definition) is 6. The standard InChI is InChI=1S/C34H34N4O2/c1-3-5-19-39-31-15-11-25(12-16-31)29-21-35-33(36-22-29)27-7-9-28(10-8-27)34-37-23-30(24-38-34)26-13-17-32(18-14-26)40-20-6-4-2/h7-18,21-24H,3-6,19-20H2,1-2H3. The normalized spacial score (nSPS) is 10.8. The summed E-state index contributed by atoms with van der Waals surface area (Å²) in [5, 5.41) is 0. The van der Waals surface area contributed by atoms with Crippen molar-refractivity contribution in [1.82, 2.24) is 19.9 Å². The van der Waals surface area contributed by atoms with Crippen molar-refractivity contribution in [1.29, 1.82) is 0 Å². The van der Waals surface area contributed by atoms with E-state index in [2.05, 4.69) is 33.8 Å². The van der Waals surface area contributed by atoms with Gasteiger partial charge in [-0.2, -0.15) is 0 Å². The van der Waals surface area contributed by atoms with Gasteiger partial charge in [0.1, 0.15) is 11.5 Å². The molecule has 0 aliphatic carbocycles. The number of rotatable bonds is 12. The summed E-state index contributed by atoms with van der Waals surface area (Å²) in [5.41, 5.74) is 5.92. The Morgan fingerprint density at radius 2 is 0.750 bits per heavy atom. The van der Waals surface area contributed by atoms with Crippen LogP contribution >= 0.6 is 0 Å². The van der Waals surface area contributed by atoms with Crippen molar-refractivity contribution in [2.75, 3.05) is 13.2 Å². The van der Waals surface area contributed by atoms with Crippen LogP contribution in [0.1, 0.15) is 39.5 Å². The van der Waals surface area contributed by atoms with Crippen molar-refractivity contribution in [2.45, 2.75) is 39.5 Å². The lowest BCUT2D eigenvalue weighted by Crippen LogP contribution is -1.96. The topological polar surface area (TPSA) is 70.0 Å². The molecule has 0 atom stereocenters. The zero-order valence-electron chi connectivity index (χ0n) is 23.1. The Kier molecular flexibility index (Phi) is 9.09. The first kappa shape index (κ1) is 27.0. The van der Waals surface area contributed by atoms with Gasteiger partial charge in [-0.3, -0.25) is 0 Å². The van der Waals surface area contributed by atoms with Crippen molar-refractivity contribution in [3.8, 4) is 56.5 Å². The highest BCUT2D eigenvalue weighted by Crippen LogP contribution is 2.26. The van der Waals surface area contributed by atoms with Crippen LogP contribution in [0.2, 0.25) is 0 Å². The van der Waals surface area contributed by atoms with Crippen molar-refractivity contribution in [2.24, 2.45) is 0 Å². The summed E-state index contributed by atoms with van der Waals surface area (Å²) in [6.07, 6.45) is 11.8. The molecule has 0 unspecified atom stereocenters. The van der Waals surface area contributed by atoms with E-state index in [0.717, 1.165) is 83.8 Å². The minimum Gasteiger partial charge on any atom is -0.494 e. The summed E-state index contributed by atoms with van der Waals surface area (Å²) in [6, 6.07) is 24.1. The molecule has 5 rings (SSSR count). The Hall–Kier alpha value is -4.58. The molecular formula is C34H34N4O2. The Bertz CT molecular complexity index is 1350. The number of ether oxygens (including phenoxy) is 2. The fourth-order valence-electron chi connectivity index (χ4n) is 4.18. The molecule has 40 heavy (non-hydrogen) atoms. The predicted molar refractivity (Wildman–Crippen MR) is 160 cm³/mol. The summed E-state index contributed by atoms with van der Waals surface area (Å²) in [5.74, 6) is 3.12. The third kappa shape index (κ3) is 6.89. The maximum atomic E-state index is 5.76. The van der Waals surface area contributed by atoms with E-state index in [0.29, 0.717) is 11.6 Å². The van der Waals surface area contributed by atoms with Gasteiger partial charge < -0.3 is 9.47 Å². The van der Waals surface area contributed by atoms with Crippen LogP contribution in [0.3, 0.4) is 0 Å². The van der Waals surface area contributed by atoms with Gasteiger partial charge in [-0.25, -0.2) is 19.9 Å². The van der Waals surface area contributed by atoms with E-state index in [1.54, 1.807) is 0 Å². The third-order valence-electron chi connectivity index (χ3n) is 6.61. The maximum absolute atomic E-state index is 5.76. The van der Waals surface area contributed by atoms with Crippen molar-refractivity contribution in [3.05, 3.63) is 97.6 Å². The van der Waals surface area contributed by atoms with E-state index in [9.17, 15) is 0 Å². The highest BCUT2D eigenvalue weighted by atomic mass is 16.5. The average molecular weight is 531 g/mol. The molecule has 0 radical (unpaired) electrons. The quantitative estimate of drug-likeness (QED) is 0.151. The second-order valence-corrected chi connectivity index (χ2v) is 9.62. The monoisotopic (exact) mass is 530 g/mol. The summed E-state index contributed by atoms with van der Waals surface area (Å²) < 4.78 is 11.5. The van der Waals surface area contributed by atoms with Gasteiger partial charge in [-0.1, -0.05) is 75.2 Å². The predicted octanol–water partition coefficient (Wildman–Crippen LogP) is 8.29. The van der Waals surface area contributed by atoms with Crippen LogP contribution in [0.25, 0.3) is 45.0 Å². The van der Waals surface area contributed by atoms with E-state index in [-0.39, 0.29) is 0 Å². The molecular weight excluding hydrogens is 496 g/mol. The molecule has 0 bridgehead atoms. The van der Waals surface area contributed by atoms with E-state index in [1.165, 1.54) is 0 Å². The molecule has 0 amide bonds. The Morgan fingerprint density at radius 1 is 0.425 bits per heavy atom. The van der Waals surface area contributed by atoms with Gasteiger partial charge in [-0.05, 0) is 48.2 Å². The van der Waals surface area contributed by atoms with Gasteiger partial charge in [0.25, 0.3) is 0 Å². The van der Waals surface area contributed by atoms with Crippen LogP contribution in [0.15, 0.2) is 97.6 Å². The number of benzene rings is 3. The zero-order valence-corrected chi connectivity index (χ0v) is 23.1. The van der Waals surface area contributed by atoms with Crippen molar-refractivity contribution < 1.29 is 9.47 Å². The first-order chi connectivity index (χ1) is 19.7. The summed E-state index contributed by atoms with van der Waals surface area (Å²) in [6.45, 7) is 5.80. The fraction of sp³-hybridized carbons (Fsp3) is 0.235. The lowest BCUT2D eigenvalue weighted by molar-refractivity contribution is 0.309. The summed E-state index contributed by atoms with van der Waals surface area (Å²) in [7, 11) is 0. The second kappa shape index (κ2) is 13.5. The van der Waals surface area contributed by atoms with Gasteiger partial charge in [0, 0.05) is 47.0 Å². The first-order valence-corrected chi connectivity index (χ1v) is 13.9. The molecule has 0 aliphatic heterocycles. The van der Waals surface area contributed by atoms with E-state index < -0.39 is 0 Å². The lowest BCUT2D eigenvalue weighted by Gasteiger charge is -2.08. The Labute approximate surface area is 236 Å². The number of unbranched alkanes of at least 4 members (excludes halogenated alkanes) is 2.